The summed E-state index contributed by atoms with van der Waals surface area (Å²) in [7, 11) is 0. The van der Waals surface area contributed by atoms with Gasteiger partial charge in [0.25, 0.3) is 5.91 Å². The van der Waals surface area contributed by atoms with Crippen LogP contribution >= 0.6 is 11.3 Å². The summed E-state index contributed by atoms with van der Waals surface area (Å²) in [5.74, 6) is 1.48. The fraction of sp³-hybridized carbons (Fsp3) is 0.300. The first-order valence-electron chi connectivity index (χ1n) is 8.62. The molecule has 1 saturated heterocycles. The summed E-state index contributed by atoms with van der Waals surface area (Å²) in [5, 5.41) is 0.748. The van der Waals surface area contributed by atoms with Crippen LogP contribution in [0, 0.1) is 5.92 Å². The summed E-state index contributed by atoms with van der Waals surface area (Å²) >= 11 is 1.42. The maximum absolute atomic E-state index is 13.1. The summed E-state index contributed by atoms with van der Waals surface area (Å²) in [6.07, 6.45) is 3.76. The molecule has 1 amide bonds. The molecule has 0 saturated carbocycles. The van der Waals surface area contributed by atoms with Gasteiger partial charge >= 0.3 is 0 Å². The first-order chi connectivity index (χ1) is 12.2. The fourth-order valence-corrected chi connectivity index (χ4v) is 4.14. The largest absolute Gasteiger partial charge is 0.462 e. The van der Waals surface area contributed by atoms with Crippen LogP contribution in [0.4, 0.5) is 0 Å². The molecule has 4 rings (SSSR count). The molecular formula is C20H20N2O2S. The number of rotatable bonds is 3. The monoisotopic (exact) mass is 352 g/mol. The van der Waals surface area contributed by atoms with E-state index in [4.69, 9.17) is 9.40 Å². The Morgan fingerprint density at radius 1 is 1.16 bits per heavy atom. The Kier molecular flexibility index (Phi) is 4.40. The topological polar surface area (TPSA) is 46.3 Å². The van der Waals surface area contributed by atoms with E-state index >= 15 is 0 Å². The van der Waals surface area contributed by atoms with Crippen LogP contribution in [0.2, 0.25) is 0 Å². The van der Waals surface area contributed by atoms with E-state index < -0.39 is 0 Å². The van der Waals surface area contributed by atoms with E-state index in [1.165, 1.54) is 11.3 Å². The Labute approximate surface area is 151 Å². The Bertz CT molecular complexity index is 847. The molecule has 128 valence electrons. The number of carbonyl (C=O) groups excluding carboxylic acids is 1. The lowest BCUT2D eigenvalue weighted by atomic mass is 9.99. The van der Waals surface area contributed by atoms with Gasteiger partial charge in [-0.25, -0.2) is 4.98 Å². The van der Waals surface area contributed by atoms with Crippen LogP contribution in [0.5, 0.6) is 0 Å². The first-order valence-corrected chi connectivity index (χ1v) is 9.43. The number of nitrogens with zero attached hydrogens (tertiary/aromatic N) is 2. The van der Waals surface area contributed by atoms with Gasteiger partial charge < -0.3 is 9.32 Å². The number of thiazole rings is 1. The molecule has 3 heterocycles. The van der Waals surface area contributed by atoms with Crippen LogP contribution in [0.25, 0.3) is 22.0 Å². The molecule has 5 heteroatoms. The zero-order chi connectivity index (χ0) is 17.2. The third-order valence-electron chi connectivity index (χ3n) is 4.67. The van der Waals surface area contributed by atoms with Gasteiger partial charge in [0, 0.05) is 18.7 Å². The summed E-state index contributed by atoms with van der Waals surface area (Å²) < 4.78 is 5.49. The minimum Gasteiger partial charge on any atom is -0.462 e. The van der Waals surface area contributed by atoms with E-state index in [0.29, 0.717) is 16.6 Å². The van der Waals surface area contributed by atoms with Crippen molar-refractivity contribution >= 4 is 17.2 Å². The van der Waals surface area contributed by atoms with Gasteiger partial charge in [0.2, 0.25) is 0 Å². The number of hydrogen-bond donors (Lipinski definition) is 0. The van der Waals surface area contributed by atoms with Crippen molar-refractivity contribution in [2.45, 2.75) is 19.8 Å². The summed E-state index contributed by atoms with van der Waals surface area (Å²) in [6.45, 7) is 3.89. The number of amides is 1. The van der Waals surface area contributed by atoms with E-state index in [9.17, 15) is 4.79 Å². The average Bonchev–Trinajstić information content (AvgIpc) is 3.32. The van der Waals surface area contributed by atoms with Crippen molar-refractivity contribution in [2.24, 2.45) is 5.92 Å². The highest BCUT2D eigenvalue weighted by Crippen LogP contribution is 2.35. The molecule has 1 aliphatic rings. The minimum absolute atomic E-state index is 0.0843. The van der Waals surface area contributed by atoms with E-state index in [-0.39, 0.29) is 5.91 Å². The lowest BCUT2D eigenvalue weighted by Gasteiger charge is -2.30. The third kappa shape index (κ3) is 3.24. The molecule has 1 fully saturated rings. The van der Waals surface area contributed by atoms with Gasteiger partial charge in [0.1, 0.15) is 4.88 Å². The van der Waals surface area contributed by atoms with E-state index in [0.717, 1.165) is 42.2 Å². The van der Waals surface area contributed by atoms with Crippen LogP contribution in [-0.2, 0) is 0 Å². The molecule has 0 radical (unpaired) electrons. The Hall–Kier alpha value is -2.40. The zero-order valence-electron chi connectivity index (χ0n) is 14.1. The molecule has 0 aliphatic carbocycles. The maximum Gasteiger partial charge on any atom is 0.266 e. The molecule has 1 aromatic carbocycles. The number of aromatic nitrogens is 1. The van der Waals surface area contributed by atoms with Crippen molar-refractivity contribution in [2.75, 3.05) is 13.1 Å². The predicted molar refractivity (Wildman–Crippen MR) is 99.6 cm³/mol. The van der Waals surface area contributed by atoms with Gasteiger partial charge in [0.05, 0.1) is 12.0 Å². The van der Waals surface area contributed by atoms with Crippen molar-refractivity contribution in [1.29, 1.82) is 0 Å². The summed E-state index contributed by atoms with van der Waals surface area (Å²) in [6, 6.07) is 13.6. The Morgan fingerprint density at radius 3 is 2.60 bits per heavy atom. The highest BCUT2D eigenvalue weighted by molar-refractivity contribution is 7.17. The number of furan rings is 1. The minimum atomic E-state index is 0.0843. The van der Waals surface area contributed by atoms with Crippen molar-refractivity contribution < 1.29 is 9.21 Å². The zero-order valence-corrected chi connectivity index (χ0v) is 15.0. The highest BCUT2D eigenvalue weighted by Gasteiger charge is 2.27. The normalized spacial score (nSPS) is 15.5. The number of carbonyl (C=O) groups is 1. The van der Waals surface area contributed by atoms with Gasteiger partial charge in [-0.15, -0.1) is 11.3 Å². The molecule has 4 nitrogen and oxygen atoms in total. The quantitative estimate of drug-likeness (QED) is 0.670. The molecule has 2 aromatic heterocycles. The first kappa shape index (κ1) is 16.1. The molecule has 25 heavy (non-hydrogen) atoms. The van der Waals surface area contributed by atoms with Crippen molar-refractivity contribution in [3.05, 3.63) is 53.6 Å². The highest BCUT2D eigenvalue weighted by atomic mass is 32.1. The van der Waals surface area contributed by atoms with Crippen LogP contribution in [0.15, 0.2) is 53.1 Å². The molecule has 0 spiro atoms. The lowest BCUT2D eigenvalue weighted by molar-refractivity contribution is 0.0702. The SMILES string of the molecule is CC1CCN(C(=O)c2sc(-c3ccco3)nc2-c2ccccc2)CC1. The van der Waals surface area contributed by atoms with Crippen LogP contribution in [0.1, 0.15) is 29.4 Å². The van der Waals surface area contributed by atoms with Gasteiger partial charge in [-0.1, -0.05) is 37.3 Å². The van der Waals surface area contributed by atoms with Gasteiger partial charge in [-0.05, 0) is 30.9 Å². The lowest BCUT2D eigenvalue weighted by Crippen LogP contribution is -2.37. The van der Waals surface area contributed by atoms with E-state index in [2.05, 4.69) is 6.92 Å². The van der Waals surface area contributed by atoms with Crippen molar-refractivity contribution in [3.8, 4) is 22.0 Å². The average molecular weight is 352 g/mol. The summed E-state index contributed by atoms with van der Waals surface area (Å²) in [4.78, 5) is 20.5. The standard InChI is InChI=1S/C20H20N2O2S/c1-14-9-11-22(12-10-14)20(23)18-17(15-6-3-2-4-7-15)21-19(25-18)16-8-5-13-24-16/h2-8,13-14H,9-12H2,1H3. The maximum atomic E-state index is 13.1. The molecule has 0 atom stereocenters. The van der Waals surface area contributed by atoms with Crippen LogP contribution in [-0.4, -0.2) is 28.9 Å². The van der Waals surface area contributed by atoms with Gasteiger partial charge in [-0.2, -0.15) is 0 Å². The third-order valence-corrected chi connectivity index (χ3v) is 5.73. The molecular weight excluding hydrogens is 332 g/mol. The van der Waals surface area contributed by atoms with E-state index in [1.54, 1.807) is 6.26 Å². The van der Waals surface area contributed by atoms with E-state index in [1.807, 2.05) is 47.4 Å². The Balaban J connectivity index is 1.73. The second-order valence-electron chi connectivity index (χ2n) is 6.51. The number of benzene rings is 1. The predicted octanol–water partition coefficient (Wildman–Crippen LogP) is 4.94. The number of hydrogen-bond acceptors (Lipinski definition) is 4. The van der Waals surface area contributed by atoms with Crippen LogP contribution < -0.4 is 0 Å². The summed E-state index contributed by atoms with van der Waals surface area (Å²) in [5.41, 5.74) is 1.71. The second kappa shape index (κ2) is 6.84. The van der Waals surface area contributed by atoms with Crippen molar-refractivity contribution in [3.63, 3.8) is 0 Å². The van der Waals surface area contributed by atoms with Gasteiger partial charge in [-0.3, -0.25) is 4.79 Å². The molecule has 0 bridgehead atoms. The molecule has 1 aliphatic heterocycles. The number of likely N-dealkylation sites (tertiary alicyclic amines) is 1. The van der Waals surface area contributed by atoms with Gasteiger partial charge in [0.15, 0.2) is 10.8 Å². The van der Waals surface area contributed by atoms with Crippen LogP contribution in [0.3, 0.4) is 0 Å². The second-order valence-corrected chi connectivity index (χ2v) is 7.51. The fourth-order valence-electron chi connectivity index (χ4n) is 3.12. The smallest absolute Gasteiger partial charge is 0.266 e. The van der Waals surface area contributed by atoms with Crippen molar-refractivity contribution in [1.82, 2.24) is 9.88 Å². The Morgan fingerprint density at radius 2 is 1.92 bits per heavy atom. The molecule has 0 N–H and O–H groups in total. The molecule has 0 unspecified atom stereocenters. The molecule has 3 aromatic rings. The number of piperidine rings is 1.